The molecule has 1 saturated heterocycles. The van der Waals surface area contributed by atoms with Crippen molar-refractivity contribution in [2.45, 2.75) is 38.0 Å². The van der Waals surface area contributed by atoms with Crippen LogP contribution >= 0.6 is 0 Å². The fourth-order valence-corrected chi connectivity index (χ4v) is 3.06. The highest BCUT2D eigenvalue weighted by Crippen LogP contribution is 2.50. The second-order valence-corrected chi connectivity index (χ2v) is 5.61. The molecule has 0 aromatic carbocycles. The van der Waals surface area contributed by atoms with Crippen LogP contribution in [0.4, 0.5) is 13.2 Å². The summed E-state index contributed by atoms with van der Waals surface area (Å²) < 4.78 is 49.3. The van der Waals surface area contributed by atoms with Gasteiger partial charge in [-0.05, 0) is 43.2 Å². The van der Waals surface area contributed by atoms with Gasteiger partial charge in [0.1, 0.15) is 11.7 Å². The number of nitrogens with zero attached hydrogens (tertiary/aromatic N) is 1. The molecule has 2 heterocycles. The molecule has 0 amide bonds. The lowest BCUT2D eigenvalue weighted by atomic mass is 9.62. The zero-order valence-electron chi connectivity index (χ0n) is 10.9. The Balaban J connectivity index is 1.65. The topological polar surface area (TPSA) is 31.4 Å². The van der Waals surface area contributed by atoms with Crippen LogP contribution in [-0.2, 0) is 10.9 Å². The van der Waals surface area contributed by atoms with Crippen LogP contribution in [0.2, 0.25) is 0 Å². The van der Waals surface area contributed by atoms with Gasteiger partial charge in [0.05, 0.1) is 0 Å². The van der Waals surface area contributed by atoms with Gasteiger partial charge >= 0.3 is 6.18 Å². The normalized spacial score (nSPS) is 22.6. The maximum atomic E-state index is 12.8. The minimum Gasteiger partial charge on any atom is -0.474 e. The van der Waals surface area contributed by atoms with E-state index in [2.05, 4.69) is 4.98 Å². The van der Waals surface area contributed by atoms with Gasteiger partial charge in [0.25, 0.3) is 0 Å². The molecule has 0 atom stereocenters. The number of hydrogen-bond acceptors (Lipinski definition) is 3. The molecule has 110 valence electrons. The molecule has 1 aliphatic heterocycles. The van der Waals surface area contributed by atoms with E-state index in [1.54, 1.807) is 0 Å². The molecule has 3 rings (SSSR count). The molecular weight excluding hydrogens is 271 g/mol. The van der Waals surface area contributed by atoms with Gasteiger partial charge in [0, 0.05) is 19.4 Å². The van der Waals surface area contributed by atoms with Gasteiger partial charge in [-0.1, -0.05) is 0 Å². The summed E-state index contributed by atoms with van der Waals surface area (Å²) in [6, 6.07) is 2.28. The van der Waals surface area contributed by atoms with Gasteiger partial charge in [0.2, 0.25) is 5.88 Å². The second kappa shape index (κ2) is 4.91. The standard InChI is InChI=1S/C14H16F3NO2/c15-14(16,17)11-2-1-5-18-12(11)20-10-8-13(9-10)3-6-19-7-4-13/h1-2,5,10H,3-4,6-9H2. The van der Waals surface area contributed by atoms with Crippen LogP contribution in [0.1, 0.15) is 31.2 Å². The van der Waals surface area contributed by atoms with Crippen molar-refractivity contribution in [3.63, 3.8) is 0 Å². The van der Waals surface area contributed by atoms with E-state index in [9.17, 15) is 13.2 Å². The van der Waals surface area contributed by atoms with Crippen LogP contribution in [-0.4, -0.2) is 24.3 Å². The Morgan fingerprint density at radius 3 is 2.60 bits per heavy atom. The van der Waals surface area contributed by atoms with Crippen LogP contribution in [0.15, 0.2) is 18.3 Å². The Morgan fingerprint density at radius 2 is 1.95 bits per heavy atom. The van der Waals surface area contributed by atoms with Crippen molar-refractivity contribution in [2.75, 3.05) is 13.2 Å². The van der Waals surface area contributed by atoms with Crippen LogP contribution < -0.4 is 4.74 Å². The largest absolute Gasteiger partial charge is 0.474 e. The van der Waals surface area contributed by atoms with Gasteiger partial charge in [-0.15, -0.1) is 0 Å². The van der Waals surface area contributed by atoms with Gasteiger partial charge in [-0.25, -0.2) is 4.98 Å². The van der Waals surface area contributed by atoms with Crippen molar-refractivity contribution in [2.24, 2.45) is 5.41 Å². The predicted octanol–water partition coefficient (Wildman–Crippen LogP) is 3.44. The third-order valence-corrected chi connectivity index (χ3v) is 4.23. The van der Waals surface area contributed by atoms with E-state index in [1.165, 1.54) is 12.3 Å². The second-order valence-electron chi connectivity index (χ2n) is 5.61. The van der Waals surface area contributed by atoms with Crippen molar-refractivity contribution in [1.82, 2.24) is 4.98 Å². The maximum Gasteiger partial charge on any atom is 0.421 e. The number of rotatable bonds is 2. The minimum atomic E-state index is -4.43. The Morgan fingerprint density at radius 1 is 1.25 bits per heavy atom. The summed E-state index contributed by atoms with van der Waals surface area (Å²) in [6.45, 7) is 1.48. The van der Waals surface area contributed by atoms with Crippen LogP contribution in [0.3, 0.4) is 0 Å². The Kier molecular flexibility index (Phi) is 3.36. The van der Waals surface area contributed by atoms with Crippen molar-refractivity contribution < 1.29 is 22.6 Å². The molecule has 6 heteroatoms. The van der Waals surface area contributed by atoms with Gasteiger partial charge < -0.3 is 9.47 Å². The quantitative estimate of drug-likeness (QED) is 0.835. The summed E-state index contributed by atoms with van der Waals surface area (Å²) in [7, 11) is 0. The summed E-state index contributed by atoms with van der Waals surface area (Å²) in [5.74, 6) is -0.299. The molecule has 3 nitrogen and oxygen atoms in total. The van der Waals surface area contributed by atoms with Crippen LogP contribution in [0.25, 0.3) is 0 Å². The summed E-state index contributed by atoms with van der Waals surface area (Å²) in [5, 5.41) is 0. The molecular formula is C14H16F3NO2. The fraction of sp³-hybridized carbons (Fsp3) is 0.643. The summed E-state index contributed by atoms with van der Waals surface area (Å²) in [6.07, 6.45) is 0.276. The van der Waals surface area contributed by atoms with Crippen molar-refractivity contribution in [3.8, 4) is 5.88 Å². The van der Waals surface area contributed by atoms with Gasteiger partial charge in [0.15, 0.2) is 0 Å². The first-order valence-corrected chi connectivity index (χ1v) is 6.75. The lowest BCUT2D eigenvalue weighted by Crippen LogP contribution is -2.47. The predicted molar refractivity (Wildman–Crippen MR) is 65.4 cm³/mol. The number of pyridine rings is 1. The summed E-state index contributed by atoms with van der Waals surface area (Å²) >= 11 is 0. The van der Waals surface area contributed by atoms with E-state index in [-0.39, 0.29) is 17.4 Å². The molecule has 0 bridgehead atoms. The first kappa shape index (κ1) is 13.7. The van der Waals surface area contributed by atoms with Crippen molar-refractivity contribution in [3.05, 3.63) is 23.9 Å². The van der Waals surface area contributed by atoms with E-state index >= 15 is 0 Å². The first-order valence-electron chi connectivity index (χ1n) is 6.75. The molecule has 1 saturated carbocycles. The third-order valence-electron chi connectivity index (χ3n) is 4.23. The van der Waals surface area contributed by atoms with Crippen LogP contribution in [0, 0.1) is 5.41 Å². The third kappa shape index (κ3) is 2.61. The van der Waals surface area contributed by atoms with Crippen LogP contribution in [0.5, 0.6) is 5.88 Å². The molecule has 0 N–H and O–H groups in total. The lowest BCUT2D eigenvalue weighted by molar-refractivity contribution is -0.141. The maximum absolute atomic E-state index is 12.8. The smallest absolute Gasteiger partial charge is 0.421 e. The highest BCUT2D eigenvalue weighted by Gasteiger charge is 2.47. The van der Waals surface area contributed by atoms with E-state index in [0.29, 0.717) is 0 Å². The minimum absolute atomic E-state index is 0.163. The molecule has 1 aliphatic carbocycles. The van der Waals surface area contributed by atoms with Gasteiger partial charge in [-0.2, -0.15) is 13.2 Å². The number of hydrogen-bond donors (Lipinski definition) is 0. The fourth-order valence-electron chi connectivity index (χ4n) is 3.06. The number of alkyl halides is 3. The van der Waals surface area contributed by atoms with E-state index < -0.39 is 11.7 Å². The Bertz CT molecular complexity index is 476. The summed E-state index contributed by atoms with van der Waals surface area (Å²) in [5.41, 5.74) is -0.580. The molecule has 1 aromatic rings. The molecule has 0 radical (unpaired) electrons. The van der Waals surface area contributed by atoms with Gasteiger partial charge in [-0.3, -0.25) is 0 Å². The molecule has 2 aliphatic rings. The van der Waals surface area contributed by atoms with Crippen molar-refractivity contribution in [1.29, 1.82) is 0 Å². The zero-order valence-corrected chi connectivity index (χ0v) is 10.9. The summed E-state index contributed by atoms with van der Waals surface area (Å²) in [4.78, 5) is 3.73. The SMILES string of the molecule is FC(F)(F)c1cccnc1OC1CC2(CCOCC2)C1. The Labute approximate surface area is 115 Å². The average Bonchev–Trinajstić information content (AvgIpc) is 2.37. The molecule has 1 spiro atoms. The molecule has 0 unspecified atom stereocenters. The zero-order chi connectivity index (χ0) is 14.2. The molecule has 20 heavy (non-hydrogen) atoms. The highest BCUT2D eigenvalue weighted by molar-refractivity contribution is 5.28. The van der Waals surface area contributed by atoms with Crippen molar-refractivity contribution >= 4 is 0 Å². The first-order chi connectivity index (χ1) is 9.49. The van der Waals surface area contributed by atoms with E-state index in [4.69, 9.17) is 9.47 Å². The average molecular weight is 287 g/mol. The molecule has 1 aromatic heterocycles. The van der Waals surface area contributed by atoms with E-state index in [0.717, 1.165) is 45.0 Å². The number of halogens is 3. The monoisotopic (exact) mass is 287 g/mol. The number of ether oxygens (including phenoxy) is 2. The highest BCUT2D eigenvalue weighted by atomic mass is 19.4. The lowest BCUT2D eigenvalue weighted by Gasteiger charge is -2.49. The molecule has 2 fully saturated rings. The number of aromatic nitrogens is 1. The van der Waals surface area contributed by atoms with E-state index in [1.807, 2.05) is 0 Å². The Hall–Kier alpha value is -1.30.